The number of nitrogens with one attached hydrogen (secondary N) is 1. The molecule has 1 aliphatic rings. The van der Waals surface area contributed by atoms with Gasteiger partial charge >= 0.3 is 0 Å². The van der Waals surface area contributed by atoms with Crippen LogP contribution in [0.2, 0.25) is 0 Å². The number of nitrogens with zero attached hydrogens (tertiary/aromatic N) is 4. The normalized spacial score (nSPS) is 15.0. The van der Waals surface area contributed by atoms with E-state index in [4.69, 9.17) is 4.74 Å². The van der Waals surface area contributed by atoms with Gasteiger partial charge in [0, 0.05) is 32.6 Å². The van der Waals surface area contributed by atoms with Crippen molar-refractivity contribution in [1.82, 2.24) is 25.0 Å². The van der Waals surface area contributed by atoms with Gasteiger partial charge in [-0.2, -0.15) is 0 Å². The predicted octanol–water partition coefficient (Wildman–Crippen LogP) is 2.87. The number of aromatic nitrogens is 3. The Bertz CT molecular complexity index is 1070. The summed E-state index contributed by atoms with van der Waals surface area (Å²) in [6.07, 6.45) is 0.675. The van der Waals surface area contributed by atoms with E-state index < -0.39 is 11.6 Å². The maximum Gasteiger partial charge on any atom is 0.258 e. The fourth-order valence-corrected chi connectivity index (χ4v) is 3.78. The van der Waals surface area contributed by atoms with Crippen molar-refractivity contribution in [2.45, 2.75) is 32.5 Å². The lowest BCUT2D eigenvalue weighted by molar-refractivity contribution is -0.123. The largest absolute Gasteiger partial charge is 0.484 e. The van der Waals surface area contributed by atoms with Gasteiger partial charge in [0.25, 0.3) is 5.91 Å². The van der Waals surface area contributed by atoms with Crippen molar-refractivity contribution in [3.63, 3.8) is 0 Å². The summed E-state index contributed by atoms with van der Waals surface area (Å²) in [5.74, 6) is 0.237. The summed E-state index contributed by atoms with van der Waals surface area (Å²) in [5, 5.41) is 11.5. The molecule has 0 radical (unpaired) electrons. The Labute approximate surface area is 185 Å². The number of halogens is 2. The number of para-hydroxylation sites is 1. The molecule has 0 fully saturated rings. The molecule has 1 N–H and O–H groups in total. The highest BCUT2D eigenvalue weighted by molar-refractivity contribution is 5.77. The highest BCUT2D eigenvalue weighted by Gasteiger charge is 2.23. The lowest BCUT2D eigenvalue weighted by atomic mass is 10.2. The molecule has 0 saturated carbocycles. The summed E-state index contributed by atoms with van der Waals surface area (Å²) >= 11 is 0. The summed E-state index contributed by atoms with van der Waals surface area (Å²) in [7, 11) is 0. The Kier molecular flexibility index (Phi) is 6.75. The Morgan fingerprint density at radius 1 is 1.09 bits per heavy atom. The van der Waals surface area contributed by atoms with Gasteiger partial charge in [-0.05, 0) is 36.8 Å². The first-order valence-corrected chi connectivity index (χ1v) is 10.5. The maximum atomic E-state index is 13.5. The Balaban J connectivity index is 1.34. The molecule has 1 aliphatic heterocycles. The van der Waals surface area contributed by atoms with Gasteiger partial charge in [-0.3, -0.25) is 9.69 Å². The first-order valence-electron chi connectivity index (χ1n) is 10.5. The molecule has 3 aromatic rings. The molecular weight excluding hydrogens is 416 g/mol. The van der Waals surface area contributed by atoms with Gasteiger partial charge in [0.1, 0.15) is 11.6 Å². The van der Waals surface area contributed by atoms with Crippen LogP contribution in [0.5, 0.6) is 5.75 Å². The quantitative estimate of drug-likeness (QED) is 0.611. The molecule has 1 amide bonds. The molecule has 2 heterocycles. The smallest absolute Gasteiger partial charge is 0.258 e. The van der Waals surface area contributed by atoms with Crippen LogP contribution in [0, 0.1) is 11.6 Å². The van der Waals surface area contributed by atoms with Gasteiger partial charge in [0.05, 0.1) is 6.04 Å². The summed E-state index contributed by atoms with van der Waals surface area (Å²) in [6.45, 7) is 4.37. The van der Waals surface area contributed by atoms with E-state index in [0.29, 0.717) is 37.6 Å². The number of fused-ring (bicyclic) bond motifs is 1. The zero-order valence-corrected chi connectivity index (χ0v) is 17.8. The lowest BCUT2D eigenvalue weighted by Crippen LogP contribution is -2.33. The van der Waals surface area contributed by atoms with Crippen LogP contribution in [-0.4, -0.2) is 45.3 Å². The summed E-state index contributed by atoms with van der Waals surface area (Å²) in [5.41, 5.74) is 0.723. The van der Waals surface area contributed by atoms with E-state index in [0.717, 1.165) is 24.0 Å². The zero-order chi connectivity index (χ0) is 22.5. The molecule has 0 aliphatic carbocycles. The third-order valence-corrected chi connectivity index (χ3v) is 5.42. The van der Waals surface area contributed by atoms with Crippen LogP contribution in [0.1, 0.15) is 30.2 Å². The lowest BCUT2D eigenvalue weighted by Gasteiger charge is -2.20. The van der Waals surface area contributed by atoms with E-state index >= 15 is 0 Å². The zero-order valence-electron chi connectivity index (χ0n) is 17.8. The monoisotopic (exact) mass is 441 g/mol. The molecule has 0 bridgehead atoms. The van der Waals surface area contributed by atoms with Crippen molar-refractivity contribution >= 4 is 5.91 Å². The van der Waals surface area contributed by atoms with Crippen LogP contribution < -0.4 is 10.1 Å². The van der Waals surface area contributed by atoms with Crippen molar-refractivity contribution in [3.05, 3.63) is 77.4 Å². The number of benzene rings is 2. The van der Waals surface area contributed by atoms with E-state index in [2.05, 4.69) is 20.4 Å². The minimum absolute atomic E-state index is 0.0860. The summed E-state index contributed by atoms with van der Waals surface area (Å²) in [6, 6.07) is 12.8. The predicted molar refractivity (Wildman–Crippen MR) is 114 cm³/mol. The number of rotatable bonds is 7. The van der Waals surface area contributed by atoms with Crippen LogP contribution in [0.4, 0.5) is 8.78 Å². The number of ether oxygens (including phenoxy) is 1. The minimum atomic E-state index is -0.842. The van der Waals surface area contributed by atoms with Crippen molar-refractivity contribution in [1.29, 1.82) is 0 Å². The van der Waals surface area contributed by atoms with E-state index in [1.165, 1.54) is 6.07 Å². The second kappa shape index (κ2) is 9.86. The van der Waals surface area contributed by atoms with E-state index in [1.54, 1.807) is 18.2 Å². The first-order chi connectivity index (χ1) is 15.5. The molecule has 1 aromatic heterocycles. The number of hydrogen-bond acceptors (Lipinski definition) is 5. The second-order valence-electron chi connectivity index (χ2n) is 7.79. The average Bonchev–Trinajstić information content (AvgIpc) is 3.10. The molecule has 168 valence electrons. The van der Waals surface area contributed by atoms with Crippen molar-refractivity contribution < 1.29 is 18.3 Å². The average molecular weight is 441 g/mol. The fraction of sp³-hybridized carbons (Fsp3) is 0.348. The van der Waals surface area contributed by atoms with Gasteiger partial charge in [0.15, 0.2) is 24.1 Å². The molecule has 32 heavy (non-hydrogen) atoms. The highest BCUT2D eigenvalue weighted by Crippen LogP contribution is 2.18. The van der Waals surface area contributed by atoms with E-state index in [-0.39, 0.29) is 18.6 Å². The number of carbonyl (C=O) groups excluding carboxylic acids is 1. The molecule has 0 saturated heterocycles. The molecule has 4 rings (SSSR count). The van der Waals surface area contributed by atoms with Crippen molar-refractivity contribution in [2.24, 2.45) is 0 Å². The molecule has 1 atom stereocenters. The Morgan fingerprint density at radius 3 is 2.69 bits per heavy atom. The van der Waals surface area contributed by atoms with Gasteiger partial charge in [-0.15, -0.1) is 10.2 Å². The first kappa shape index (κ1) is 21.9. The molecule has 2 aromatic carbocycles. The van der Waals surface area contributed by atoms with Crippen molar-refractivity contribution in [2.75, 3.05) is 19.7 Å². The molecule has 7 nitrogen and oxygen atoms in total. The Morgan fingerprint density at radius 2 is 1.91 bits per heavy atom. The van der Waals surface area contributed by atoms with E-state index in [9.17, 15) is 13.6 Å². The fourth-order valence-electron chi connectivity index (χ4n) is 3.78. The SMILES string of the molecule is C[C@H](NC(=O)COc1ccccc1)c1nnc2n1CCN(Cc1ccc(F)c(F)c1)CC2. The number of amides is 1. The van der Waals surface area contributed by atoms with Crippen LogP contribution in [0.25, 0.3) is 0 Å². The van der Waals surface area contributed by atoms with Gasteiger partial charge in [0.2, 0.25) is 0 Å². The standard InChI is InChI=1S/C23H25F2N5O2/c1-16(26-22(31)15-32-18-5-3-2-4-6-18)23-28-27-21-9-10-29(11-12-30(21)23)14-17-7-8-19(24)20(25)13-17/h2-8,13,16H,9-12,14-15H2,1H3,(H,26,31)/t16-/m0/s1. The third kappa shape index (κ3) is 5.28. The van der Waals surface area contributed by atoms with Crippen LogP contribution in [-0.2, 0) is 24.3 Å². The van der Waals surface area contributed by atoms with Crippen LogP contribution in [0.15, 0.2) is 48.5 Å². The second-order valence-corrected chi connectivity index (χ2v) is 7.79. The van der Waals surface area contributed by atoms with Crippen molar-refractivity contribution in [3.8, 4) is 5.75 Å². The molecule has 0 unspecified atom stereocenters. The number of carbonyl (C=O) groups is 1. The minimum Gasteiger partial charge on any atom is -0.484 e. The Hall–Kier alpha value is -3.33. The molecule has 9 heteroatoms. The highest BCUT2D eigenvalue weighted by atomic mass is 19.2. The topological polar surface area (TPSA) is 72.3 Å². The van der Waals surface area contributed by atoms with Crippen LogP contribution in [0.3, 0.4) is 0 Å². The number of hydrogen-bond donors (Lipinski definition) is 1. The van der Waals surface area contributed by atoms with Crippen LogP contribution >= 0.6 is 0 Å². The maximum absolute atomic E-state index is 13.5. The van der Waals surface area contributed by atoms with Gasteiger partial charge in [-0.25, -0.2) is 8.78 Å². The van der Waals surface area contributed by atoms with E-state index in [1.807, 2.05) is 29.7 Å². The van der Waals surface area contributed by atoms with Gasteiger partial charge < -0.3 is 14.6 Å². The van der Waals surface area contributed by atoms with Gasteiger partial charge in [-0.1, -0.05) is 24.3 Å². The molecule has 0 spiro atoms. The summed E-state index contributed by atoms with van der Waals surface area (Å²) < 4.78 is 34.2. The molecular formula is C23H25F2N5O2. The third-order valence-electron chi connectivity index (χ3n) is 5.42. The summed E-state index contributed by atoms with van der Waals surface area (Å²) in [4.78, 5) is 14.5.